The van der Waals surface area contributed by atoms with Gasteiger partial charge in [-0.3, -0.25) is 4.72 Å². The molecule has 25 heavy (non-hydrogen) atoms. The molecule has 0 amide bonds. The van der Waals surface area contributed by atoms with Crippen LogP contribution in [0, 0.1) is 0 Å². The fraction of sp³-hybridized carbons (Fsp3) is 0.176. The molecular formula is C17H15ClN4O2S. The number of aromatic nitrogens is 3. The van der Waals surface area contributed by atoms with Gasteiger partial charge in [-0.1, -0.05) is 23.7 Å². The molecule has 0 radical (unpaired) electrons. The standard InChI is InChI=1S/C17H15ClN4O2S/c18-13-6-8-15(9-7-13)25(23,24)21-14-4-1-3-12(11-14)17-20-19-16-5-2-10-22(16)17/h1,3-4,6-9,11,21H,2,5,10H2. The van der Waals surface area contributed by atoms with Crippen molar-refractivity contribution in [3.05, 3.63) is 59.4 Å². The van der Waals surface area contributed by atoms with Crippen LogP contribution >= 0.6 is 11.6 Å². The first kappa shape index (κ1) is 16.1. The molecule has 1 aromatic heterocycles. The van der Waals surface area contributed by atoms with Gasteiger partial charge in [0.05, 0.1) is 4.90 Å². The zero-order valence-corrected chi connectivity index (χ0v) is 14.8. The number of nitrogens with zero attached hydrogens (tertiary/aromatic N) is 3. The molecule has 128 valence electrons. The first-order chi connectivity index (χ1) is 12.0. The highest BCUT2D eigenvalue weighted by molar-refractivity contribution is 7.92. The van der Waals surface area contributed by atoms with Gasteiger partial charge in [0.15, 0.2) is 5.82 Å². The second kappa shape index (κ2) is 6.16. The van der Waals surface area contributed by atoms with Crippen molar-refractivity contribution >= 4 is 27.3 Å². The number of rotatable bonds is 4. The summed E-state index contributed by atoms with van der Waals surface area (Å²) in [4.78, 5) is 0.158. The van der Waals surface area contributed by atoms with Crippen LogP contribution in [0.2, 0.25) is 5.02 Å². The lowest BCUT2D eigenvalue weighted by Gasteiger charge is -2.10. The van der Waals surface area contributed by atoms with Gasteiger partial charge >= 0.3 is 0 Å². The monoisotopic (exact) mass is 374 g/mol. The molecule has 0 saturated carbocycles. The minimum Gasteiger partial charge on any atom is -0.311 e. The number of halogens is 1. The molecule has 6 nitrogen and oxygen atoms in total. The summed E-state index contributed by atoms with van der Waals surface area (Å²) in [6.45, 7) is 0.887. The van der Waals surface area contributed by atoms with E-state index in [2.05, 4.69) is 19.5 Å². The molecule has 0 saturated heterocycles. The summed E-state index contributed by atoms with van der Waals surface area (Å²) >= 11 is 5.82. The number of benzene rings is 2. The molecule has 0 fully saturated rings. The SMILES string of the molecule is O=S(=O)(Nc1cccc(-c2nnc3n2CCC3)c1)c1ccc(Cl)cc1. The van der Waals surface area contributed by atoms with Gasteiger partial charge in [-0.05, 0) is 42.8 Å². The van der Waals surface area contributed by atoms with Crippen molar-refractivity contribution in [1.82, 2.24) is 14.8 Å². The van der Waals surface area contributed by atoms with Crippen LogP contribution in [0.4, 0.5) is 5.69 Å². The maximum atomic E-state index is 12.5. The molecule has 1 aliphatic rings. The van der Waals surface area contributed by atoms with Gasteiger partial charge in [0.2, 0.25) is 0 Å². The summed E-state index contributed by atoms with van der Waals surface area (Å²) in [6.07, 6.45) is 1.98. The molecule has 8 heteroatoms. The fourth-order valence-corrected chi connectivity index (χ4v) is 4.09. The van der Waals surface area contributed by atoms with Crippen molar-refractivity contribution in [2.75, 3.05) is 4.72 Å². The van der Waals surface area contributed by atoms with Gasteiger partial charge in [-0.2, -0.15) is 0 Å². The van der Waals surface area contributed by atoms with Crippen molar-refractivity contribution in [3.8, 4) is 11.4 Å². The van der Waals surface area contributed by atoms with Crippen LogP contribution in [0.3, 0.4) is 0 Å². The molecule has 0 spiro atoms. The van der Waals surface area contributed by atoms with Gasteiger partial charge in [-0.25, -0.2) is 8.42 Å². The maximum Gasteiger partial charge on any atom is 0.261 e. The highest BCUT2D eigenvalue weighted by atomic mass is 35.5. The summed E-state index contributed by atoms with van der Waals surface area (Å²) in [7, 11) is -3.68. The van der Waals surface area contributed by atoms with Crippen LogP contribution in [-0.2, 0) is 23.0 Å². The Hall–Kier alpha value is -2.38. The zero-order valence-electron chi connectivity index (χ0n) is 13.2. The van der Waals surface area contributed by atoms with Crippen LogP contribution in [0.1, 0.15) is 12.2 Å². The number of anilines is 1. The molecule has 1 N–H and O–H groups in total. The van der Waals surface area contributed by atoms with Gasteiger partial charge in [-0.15, -0.1) is 10.2 Å². The first-order valence-corrected chi connectivity index (χ1v) is 9.70. The summed E-state index contributed by atoms with van der Waals surface area (Å²) in [6, 6.07) is 13.2. The lowest BCUT2D eigenvalue weighted by molar-refractivity contribution is 0.601. The first-order valence-electron chi connectivity index (χ1n) is 7.84. The van der Waals surface area contributed by atoms with E-state index in [-0.39, 0.29) is 4.90 Å². The maximum absolute atomic E-state index is 12.5. The van der Waals surface area contributed by atoms with E-state index in [4.69, 9.17) is 11.6 Å². The Balaban J connectivity index is 1.64. The van der Waals surface area contributed by atoms with Crippen LogP contribution in [0.25, 0.3) is 11.4 Å². The topological polar surface area (TPSA) is 76.9 Å². The fourth-order valence-electron chi connectivity index (χ4n) is 2.91. The van der Waals surface area contributed by atoms with Crippen molar-refractivity contribution < 1.29 is 8.42 Å². The Morgan fingerprint density at radius 3 is 2.68 bits per heavy atom. The van der Waals surface area contributed by atoms with E-state index in [0.29, 0.717) is 10.7 Å². The molecule has 2 heterocycles. The number of aryl methyl sites for hydroxylation is 1. The summed E-state index contributed by atoms with van der Waals surface area (Å²) in [5.41, 5.74) is 1.31. The predicted molar refractivity (Wildman–Crippen MR) is 96.0 cm³/mol. The Kier molecular flexibility index (Phi) is 3.97. The summed E-state index contributed by atoms with van der Waals surface area (Å²) in [5.74, 6) is 1.74. The average Bonchev–Trinajstić information content (AvgIpc) is 3.18. The Morgan fingerprint density at radius 1 is 1.08 bits per heavy atom. The highest BCUT2D eigenvalue weighted by Crippen LogP contribution is 2.26. The minimum atomic E-state index is -3.68. The molecule has 0 bridgehead atoms. The van der Waals surface area contributed by atoms with Crippen LogP contribution in [0.5, 0.6) is 0 Å². The molecule has 1 aliphatic heterocycles. The average molecular weight is 375 g/mol. The molecular weight excluding hydrogens is 360 g/mol. The number of fused-ring (bicyclic) bond motifs is 1. The van der Waals surface area contributed by atoms with E-state index < -0.39 is 10.0 Å². The van der Waals surface area contributed by atoms with Gasteiger partial charge in [0, 0.05) is 29.2 Å². The Bertz CT molecular complexity index is 1030. The van der Waals surface area contributed by atoms with E-state index in [1.807, 2.05) is 6.07 Å². The van der Waals surface area contributed by atoms with Crippen LogP contribution in [-0.4, -0.2) is 23.2 Å². The normalized spacial score (nSPS) is 13.6. The van der Waals surface area contributed by atoms with Gasteiger partial charge < -0.3 is 4.57 Å². The summed E-state index contributed by atoms with van der Waals surface area (Å²) < 4.78 is 29.7. The molecule has 0 aliphatic carbocycles. The van der Waals surface area contributed by atoms with Gasteiger partial charge in [0.25, 0.3) is 10.0 Å². The molecule has 4 rings (SSSR count). The molecule has 0 unspecified atom stereocenters. The van der Waals surface area contributed by atoms with E-state index in [1.165, 1.54) is 12.1 Å². The number of sulfonamides is 1. The van der Waals surface area contributed by atoms with Crippen LogP contribution < -0.4 is 4.72 Å². The van der Waals surface area contributed by atoms with Crippen molar-refractivity contribution in [2.24, 2.45) is 0 Å². The van der Waals surface area contributed by atoms with Gasteiger partial charge in [0.1, 0.15) is 5.82 Å². The quantitative estimate of drug-likeness (QED) is 0.759. The van der Waals surface area contributed by atoms with Crippen molar-refractivity contribution in [2.45, 2.75) is 24.3 Å². The van der Waals surface area contributed by atoms with Crippen molar-refractivity contribution in [1.29, 1.82) is 0 Å². The molecule has 3 aromatic rings. The lowest BCUT2D eigenvalue weighted by atomic mass is 10.2. The molecule has 0 atom stereocenters. The zero-order chi connectivity index (χ0) is 17.4. The van der Waals surface area contributed by atoms with E-state index >= 15 is 0 Å². The largest absolute Gasteiger partial charge is 0.311 e. The van der Waals surface area contributed by atoms with E-state index in [0.717, 1.165) is 36.6 Å². The van der Waals surface area contributed by atoms with E-state index in [9.17, 15) is 8.42 Å². The van der Waals surface area contributed by atoms with Crippen LogP contribution in [0.15, 0.2) is 53.4 Å². The third kappa shape index (κ3) is 3.12. The van der Waals surface area contributed by atoms with Crippen molar-refractivity contribution in [3.63, 3.8) is 0 Å². The highest BCUT2D eigenvalue weighted by Gasteiger charge is 2.19. The Morgan fingerprint density at radius 2 is 1.88 bits per heavy atom. The number of hydrogen-bond acceptors (Lipinski definition) is 4. The predicted octanol–water partition coefficient (Wildman–Crippen LogP) is 3.35. The lowest BCUT2D eigenvalue weighted by Crippen LogP contribution is -2.12. The number of hydrogen-bond donors (Lipinski definition) is 1. The third-order valence-corrected chi connectivity index (χ3v) is 5.76. The minimum absolute atomic E-state index is 0.158. The smallest absolute Gasteiger partial charge is 0.261 e. The number of nitrogens with one attached hydrogen (secondary N) is 1. The second-order valence-corrected chi connectivity index (χ2v) is 7.95. The summed E-state index contributed by atoms with van der Waals surface area (Å²) in [5, 5.41) is 8.92. The molecule has 2 aromatic carbocycles. The Labute approximate surface area is 150 Å². The van der Waals surface area contributed by atoms with E-state index in [1.54, 1.807) is 30.3 Å². The second-order valence-electron chi connectivity index (χ2n) is 5.84. The third-order valence-electron chi connectivity index (χ3n) is 4.11.